The topological polar surface area (TPSA) is 98.0 Å². The van der Waals surface area contributed by atoms with Gasteiger partial charge < -0.3 is 24.3 Å². The van der Waals surface area contributed by atoms with Crippen molar-refractivity contribution in [2.45, 2.75) is 45.6 Å². The highest BCUT2D eigenvalue weighted by molar-refractivity contribution is 5.96. The second-order valence-corrected chi connectivity index (χ2v) is 9.87. The lowest BCUT2D eigenvalue weighted by atomic mass is 10.0. The number of nitrogens with zero attached hydrogens (tertiary/aromatic N) is 1. The summed E-state index contributed by atoms with van der Waals surface area (Å²) in [6.07, 6.45) is 7.79. The fourth-order valence-corrected chi connectivity index (χ4v) is 4.64. The number of carboxylic acids is 2. The predicted molar refractivity (Wildman–Crippen MR) is 157 cm³/mol. The first-order valence-corrected chi connectivity index (χ1v) is 13.6. The number of halogens is 1. The van der Waals surface area contributed by atoms with Crippen molar-refractivity contribution in [2.75, 3.05) is 13.2 Å². The summed E-state index contributed by atoms with van der Waals surface area (Å²) in [6, 6.07) is 18.3. The molecule has 2 N–H and O–H groups in total. The molecular weight excluding hydrogens is 525 g/mol. The lowest BCUT2D eigenvalue weighted by molar-refractivity contribution is -0.137. The van der Waals surface area contributed by atoms with Crippen molar-refractivity contribution in [2.24, 2.45) is 0 Å². The summed E-state index contributed by atoms with van der Waals surface area (Å²) in [5.41, 5.74) is 4.01. The number of ether oxygens (including phenoxy) is 2. The number of aromatic nitrogens is 1. The molecule has 0 spiro atoms. The van der Waals surface area contributed by atoms with Gasteiger partial charge in [0, 0.05) is 30.1 Å². The lowest BCUT2D eigenvalue weighted by Gasteiger charge is -2.09. The van der Waals surface area contributed by atoms with E-state index < -0.39 is 11.9 Å². The molecule has 1 heterocycles. The average Bonchev–Trinajstić information content (AvgIpc) is 3.29. The van der Waals surface area contributed by atoms with Crippen molar-refractivity contribution in [1.29, 1.82) is 0 Å². The maximum atomic E-state index is 13.3. The van der Waals surface area contributed by atoms with E-state index in [4.69, 9.17) is 14.6 Å². The zero-order valence-electron chi connectivity index (χ0n) is 23.0. The number of aliphatic carboxylic acids is 2. The van der Waals surface area contributed by atoms with Crippen molar-refractivity contribution in [1.82, 2.24) is 4.57 Å². The highest BCUT2D eigenvalue weighted by Gasteiger charge is 2.14. The quantitative estimate of drug-likeness (QED) is 0.120. The Morgan fingerprint density at radius 2 is 1.59 bits per heavy atom. The number of hydrogen-bond acceptors (Lipinski definition) is 4. The molecule has 4 aromatic rings. The molecule has 0 aliphatic carbocycles. The first-order chi connectivity index (χ1) is 19.8. The van der Waals surface area contributed by atoms with Crippen LogP contribution in [-0.4, -0.2) is 39.9 Å². The number of fused-ring (bicyclic) bond motifs is 1. The molecule has 4 rings (SSSR count). The summed E-state index contributed by atoms with van der Waals surface area (Å²) in [5, 5.41) is 19.3. The minimum atomic E-state index is -0.917. The fourth-order valence-electron chi connectivity index (χ4n) is 4.64. The highest BCUT2D eigenvalue weighted by atomic mass is 19.1. The molecular formula is C33H34FNO6. The SMILES string of the molecule is Cc1cc(OCCCCOc2ccc(/C=C/c3cccc4c3c(CC(=O)O)cn4CCCC(=O)O)cc2)ccc1F. The molecule has 0 atom stereocenters. The smallest absolute Gasteiger partial charge is 0.307 e. The van der Waals surface area contributed by atoms with Gasteiger partial charge in [-0.25, -0.2) is 4.39 Å². The van der Waals surface area contributed by atoms with E-state index in [0.29, 0.717) is 43.1 Å². The molecule has 0 aliphatic heterocycles. The van der Waals surface area contributed by atoms with Gasteiger partial charge >= 0.3 is 11.9 Å². The Morgan fingerprint density at radius 1 is 0.878 bits per heavy atom. The van der Waals surface area contributed by atoms with Crippen molar-refractivity contribution in [3.8, 4) is 11.5 Å². The molecule has 1 aromatic heterocycles. The molecule has 0 amide bonds. The van der Waals surface area contributed by atoms with Crippen molar-refractivity contribution in [3.63, 3.8) is 0 Å². The standard InChI is InChI=1S/C33H34FNO6/c1-23-20-28(15-16-29(23)34)41-19-3-2-18-40-27-13-10-24(11-14-27)9-12-25-6-4-7-30-33(25)26(21-32(38)39)22-35(30)17-5-8-31(36)37/h4,6-7,9-16,20,22H,2-3,5,8,17-19,21H2,1H3,(H,36,37)(H,38,39)/b12-9+. The maximum Gasteiger partial charge on any atom is 0.307 e. The minimum Gasteiger partial charge on any atom is -0.494 e. The summed E-state index contributed by atoms with van der Waals surface area (Å²) < 4.78 is 26.8. The van der Waals surface area contributed by atoms with Crippen LogP contribution in [-0.2, 0) is 22.6 Å². The lowest BCUT2D eigenvalue weighted by Crippen LogP contribution is -2.02. The average molecular weight is 560 g/mol. The monoisotopic (exact) mass is 559 g/mol. The normalized spacial score (nSPS) is 11.3. The second-order valence-electron chi connectivity index (χ2n) is 9.87. The molecule has 0 bridgehead atoms. The number of aryl methyl sites for hydroxylation is 2. The van der Waals surface area contributed by atoms with E-state index in [2.05, 4.69) is 0 Å². The first-order valence-electron chi connectivity index (χ1n) is 13.6. The summed E-state index contributed by atoms with van der Waals surface area (Å²) in [7, 11) is 0. The van der Waals surface area contributed by atoms with Gasteiger partial charge in [0.05, 0.1) is 19.6 Å². The van der Waals surface area contributed by atoms with Gasteiger partial charge in [-0.2, -0.15) is 0 Å². The van der Waals surface area contributed by atoms with E-state index in [1.165, 1.54) is 6.07 Å². The van der Waals surface area contributed by atoms with Crippen LogP contribution in [0.1, 0.15) is 47.9 Å². The highest BCUT2D eigenvalue weighted by Crippen LogP contribution is 2.28. The van der Waals surface area contributed by atoms with Crippen LogP contribution in [0.15, 0.2) is 66.9 Å². The van der Waals surface area contributed by atoms with Crippen LogP contribution in [0, 0.1) is 12.7 Å². The fraction of sp³-hybridized carbons (Fsp3) is 0.273. The molecule has 0 radical (unpaired) electrons. The van der Waals surface area contributed by atoms with Crippen LogP contribution in [0.3, 0.4) is 0 Å². The van der Waals surface area contributed by atoms with E-state index in [9.17, 15) is 19.1 Å². The molecule has 41 heavy (non-hydrogen) atoms. The van der Waals surface area contributed by atoms with Crippen LogP contribution in [0.4, 0.5) is 4.39 Å². The van der Waals surface area contributed by atoms with Crippen LogP contribution in [0.5, 0.6) is 11.5 Å². The van der Waals surface area contributed by atoms with Crippen LogP contribution >= 0.6 is 0 Å². The summed E-state index contributed by atoms with van der Waals surface area (Å²) >= 11 is 0. The minimum absolute atomic E-state index is 0.0545. The molecule has 0 saturated heterocycles. The van der Waals surface area contributed by atoms with Gasteiger partial charge in [0.1, 0.15) is 17.3 Å². The van der Waals surface area contributed by atoms with E-state index >= 15 is 0 Å². The van der Waals surface area contributed by atoms with Crippen LogP contribution in [0.25, 0.3) is 23.1 Å². The van der Waals surface area contributed by atoms with Crippen LogP contribution < -0.4 is 9.47 Å². The molecule has 214 valence electrons. The molecule has 8 heteroatoms. The van der Waals surface area contributed by atoms with Crippen LogP contribution in [0.2, 0.25) is 0 Å². The van der Waals surface area contributed by atoms with Gasteiger partial charge in [-0.3, -0.25) is 9.59 Å². The van der Waals surface area contributed by atoms with Gasteiger partial charge in [-0.15, -0.1) is 0 Å². The van der Waals surface area contributed by atoms with E-state index in [-0.39, 0.29) is 18.7 Å². The molecule has 7 nitrogen and oxygen atoms in total. The summed E-state index contributed by atoms with van der Waals surface area (Å²) in [6.45, 7) is 3.30. The number of carboxylic acid groups (broad SMARTS) is 2. The predicted octanol–water partition coefficient (Wildman–Crippen LogP) is 6.99. The molecule has 3 aromatic carbocycles. The zero-order chi connectivity index (χ0) is 29.2. The maximum absolute atomic E-state index is 13.3. The van der Waals surface area contributed by atoms with Gasteiger partial charge in [0.15, 0.2) is 0 Å². The Hall–Kier alpha value is -4.59. The number of unbranched alkanes of at least 4 members (excludes halogenated alkanes) is 1. The first kappa shape index (κ1) is 29.4. The Balaban J connectivity index is 1.33. The van der Waals surface area contributed by atoms with Gasteiger partial charge in [0.25, 0.3) is 0 Å². The van der Waals surface area contributed by atoms with Crippen molar-refractivity contribution >= 4 is 35.0 Å². The third-order valence-corrected chi connectivity index (χ3v) is 6.69. The molecule has 0 saturated carbocycles. The van der Waals surface area contributed by atoms with Gasteiger partial charge in [0.2, 0.25) is 0 Å². The second kappa shape index (κ2) is 14.2. The third-order valence-electron chi connectivity index (χ3n) is 6.69. The van der Waals surface area contributed by atoms with Gasteiger partial charge in [-0.05, 0) is 84.8 Å². The number of rotatable bonds is 15. The van der Waals surface area contributed by atoms with Crippen molar-refractivity contribution < 1.29 is 33.7 Å². The Morgan fingerprint density at radius 3 is 2.27 bits per heavy atom. The number of hydrogen-bond donors (Lipinski definition) is 2. The zero-order valence-corrected chi connectivity index (χ0v) is 23.0. The molecule has 0 aliphatic rings. The van der Waals surface area contributed by atoms with E-state index in [0.717, 1.165) is 40.6 Å². The van der Waals surface area contributed by atoms with E-state index in [1.807, 2.05) is 65.4 Å². The molecule has 0 unspecified atom stereocenters. The number of carbonyl (C=O) groups is 2. The van der Waals surface area contributed by atoms with Gasteiger partial charge in [-0.1, -0.05) is 36.4 Å². The Kier molecular flexibility index (Phi) is 10.2. The Bertz CT molecular complexity index is 1520. The van der Waals surface area contributed by atoms with Crippen molar-refractivity contribution in [3.05, 3.63) is 94.9 Å². The largest absolute Gasteiger partial charge is 0.494 e. The summed E-state index contributed by atoms with van der Waals surface area (Å²) in [4.78, 5) is 22.5. The summed E-state index contributed by atoms with van der Waals surface area (Å²) in [5.74, 6) is -0.580. The number of benzene rings is 3. The van der Waals surface area contributed by atoms with E-state index in [1.54, 1.807) is 19.1 Å². The Labute approximate surface area is 238 Å². The third kappa shape index (κ3) is 8.45. The molecule has 0 fully saturated rings.